The zero-order valence-corrected chi connectivity index (χ0v) is 11.9. The van der Waals surface area contributed by atoms with Crippen molar-refractivity contribution in [3.05, 3.63) is 40.3 Å². The molecule has 0 spiro atoms. The van der Waals surface area contributed by atoms with Gasteiger partial charge in [0.25, 0.3) is 0 Å². The fourth-order valence-electron chi connectivity index (χ4n) is 2.72. The highest BCUT2D eigenvalue weighted by molar-refractivity contribution is 8.01. The number of fused-ring (bicyclic) bond motifs is 3. The van der Waals surface area contributed by atoms with Gasteiger partial charge in [-0.05, 0) is 39.6 Å². The van der Waals surface area contributed by atoms with Crippen LogP contribution in [-0.4, -0.2) is 4.75 Å². The van der Waals surface area contributed by atoms with Gasteiger partial charge in [-0.3, -0.25) is 0 Å². The second kappa shape index (κ2) is 3.89. The molecule has 2 aromatic carbocycles. The van der Waals surface area contributed by atoms with Crippen LogP contribution in [0.5, 0.6) is 0 Å². The molecule has 0 N–H and O–H groups in total. The molecule has 18 heavy (non-hydrogen) atoms. The molecule has 0 fully saturated rings. The second-order valence-corrected chi connectivity index (χ2v) is 7.39. The minimum Gasteiger partial charge on any atom is -0.119 e. The van der Waals surface area contributed by atoms with Crippen LogP contribution in [0.25, 0.3) is 23.9 Å². The maximum atomic E-state index is 4.26. The minimum atomic E-state index is 0.324. The number of thioether (sulfide) groups is 1. The predicted molar refractivity (Wildman–Crippen MR) is 82.5 cm³/mol. The van der Waals surface area contributed by atoms with Crippen molar-refractivity contribution in [2.75, 3.05) is 0 Å². The van der Waals surface area contributed by atoms with E-state index in [2.05, 4.69) is 51.3 Å². The van der Waals surface area contributed by atoms with Gasteiger partial charge in [0.05, 0.1) is 0 Å². The van der Waals surface area contributed by atoms with Gasteiger partial charge in [-0.15, -0.1) is 11.8 Å². The molecule has 0 atom stereocenters. The van der Waals surface area contributed by atoms with Gasteiger partial charge in [-0.25, -0.2) is 0 Å². The number of rotatable bonds is 0. The zero-order chi connectivity index (χ0) is 12.9. The summed E-state index contributed by atoms with van der Waals surface area (Å²) in [5.74, 6) is 0. The van der Waals surface area contributed by atoms with E-state index in [0.717, 1.165) is 16.9 Å². The zero-order valence-electron chi connectivity index (χ0n) is 11.0. The second-order valence-electron chi connectivity index (χ2n) is 5.67. The van der Waals surface area contributed by atoms with Crippen LogP contribution in [0.4, 0.5) is 0 Å². The van der Waals surface area contributed by atoms with Crippen LogP contribution in [0.3, 0.4) is 0 Å². The van der Waals surface area contributed by atoms with Gasteiger partial charge in [0.15, 0.2) is 0 Å². The van der Waals surface area contributed by atoms with Crippen LogP contribution in [0.15, 0.2) is 29.2 Å². The van der Waals surface area contributed by atoms with Crippen LogP contribution < -0.4 is 10.4 Å². The maximum Gasteiger partial charge on any atom is 0.0194 e. The third kappa shape index (κ3) is 1.69. The molecular formula is C17H18S. The Morgan fingerprint density at radius 1 is 1.06 bits per heavy atom. The fraction of sp³-hybridized carbons (Fsp3) is 0.294. The van der Waals surface area contributed by atoms with Crippen LogP contribution >= 0.6 is 11.8 Å². The molecule has 2 aromatic rings. The summed E-state index contributed by atoms with van der Waals surface area (Å²) < 4.78 is 0.324. The lowest BCUT2D eigenvalue weighted by Crippen LogP contribution is -2.32. The Balaban J connectivity index is 2.45. The van der Waals surface area contributed by atoms with Crippen molar-refractivity contribution in [3.8, 4) is 0 Å². The lowest BCUT2D eigenvalue weighted by molar-refractivity contribution is 0.621. The number of hydrogen-bond acceptors (Lipinski definition) is 1. The minimum absolute atomic E-state index is 0.324. The first kappa shape index (κ1) is 11.9. The van der Waals surface area contributed by atoms with E-state index in [9.17, 15) is 0 Å². The van der Waals surface area contributed by atoms with Gasteiger partial charge in [-0.2, -0.15) is 0 Å². The monoisotopic (exact) mass is 254 g/mol. The molecule has 3 rings (SSSR count). The van der Waals surface area contributed by atoms with Gasteiger partial charge in [0.2, 0.25) is 0 Å². The molecule has 0 amide bonds. The summed E-state index contributed by atoms with van der Waals surface area (Å²) in [6.07, 6.45) is 2.34. The first-order valence-corrected chi connectivity index (χ1v) is 7.22. The van der Waals surface area contributed by atoms with Crippen LogP contribution in [0.2, 0.25) is 0 Å². The first-order chi connectivity index (χ1) is 8.49. The molecule has 0 radical (unpaired) electrons. The van der Waals surface area contributed by atoms with E-state index in [0.29, 0.717) is 4.75 Å². The Kier molecular flexibility index (Phi) is 2.56. The van der Waals surface area contributed by atoms with Crippen LogP contribution in [0, 0.1) is 0 Å². The van der Waals surface area contributed by atoms with Crippen molar-refractivity contribution in [3.63, 3.8) is 0 Å². The molecule has 1 heteroatoms. The number of benzene rings is 2. The summed E-state index contributed by atoms with van der Waals surface area (Å²) in [5.41, 5.74) is 1.42. The van der Waals surface area contributed by atoms with Crippen molar-refractivity contribution in [1.29, 1.82) is 0 Å². The van der Waals surface area contributed by atoms with E-state index in [4.69, 9.17) is 0 Å². The Labute approximate surface area is 112 Å². The van der Waals surface area contributed by atoms with Crippen molar-refractivity contribution in [2.45, 2.75) is 36.3 Å². The average molecular weight is 254 g/mol. The molecule has 0 saturated carbocycles. The Morgan fingerprint density at radius 2 is 1.72 bits per heavy atom. The standard InChI is InChI=1S/C17H18S/c1-11-12(2)14-9-10-17(3,4)18-16(14)15-8-6-5-7-13(11)15/h5-8H,1-2,9-10H2,3-4H3. The molecule has 92 valence electrons. The molecule has 0 saturated heterocycles. The number of hydrogen-bond donors (Lipinski definition) is 0. The fourth-order valence-corrected chi connectivity index (χ4v) is 4.12. The third-order valence-corrected chi connectivity index (χ3v) is 5.28. The van der Waals surface area contributed by atoms with E-state index in [-0.39, 0.29) is 0 Å². The van der Waals surface area contributed by atoms with Gasteiger partial charge >= 0.3 is 0 Å². The van der Waals surface area contributed by atoms with Gasteiger partial charge in [0.1, 0.15) is 0 Å². The lowest BCUT2D eigenvalue weighted by Gasteiger charge is -2.31. The van der Waals surface area contributed by atoms with Crippen molar-refractivity contribution in [2.24, 2.45) is 0 Å². The largest absolute Gasteiger partial charge is 0.119 e. The third-order valence-electron chi connectivity index (χ3n) is 3.85. The topological polar surface area (TPSA) is 0 Å². The molecule has 0 aromatic heterocycles. The van der Waals surface area contributed by atoms with Crippen molar-refractivity contribution in [1.82, 2.24) is 0 Å². The van der Waals surface area contributed by atoms with Gasteiger partial charge < -0.3 is 0 Å². The van der Waals surface area contributed by atoms with Crippen LogP contribution in [-0.2, 0) is 6.42 Å². The molecular weight excluding hydrogens is 236 g/mol. The molecule has 1 aliphatic heterocycles. The average Bonchev–Trinajstić information content (AvgIpc) is 2.35. The summed E-state index contributed by atoms with van der Waals surface area (Å²) in [7, 11) is 0. The Hall–Kier alpha value is -1.21. The lowest BCUT2D eigenvalue weighted by atomic mass is 9.95. The van der Waals surface area contributed by atoms with E-state index in [1.165, 1.54) is 27.7 Å². The summed E-state index contributed by atoms with van der Waals surface area (Å²) in [4.78, 5) is 1.43. The molecule has 0 nitrogen and oxygen atoms in total. The molecule has 0 unspecified atom stereocenters. The quantitative estimate of drug-likeness (QED) is 0.693. The highest BCUT2D eigenvalue weighted by atomic mass is 32.2. The van der Waals surface area contributed by atoms with Gasteiger partial charge in [-0.1, -0.05) is 51.3 Å². The van der Waals surface area contributed by atoms with Gasteiger partial charge in [0, 0.05) is 9.64 Å². The van der Waals surface area contributed by atoms with E-state index in [1.54, 1.807) is 0 Å². The normalized spacial score (nSPS) is 17.7. The SMILES string of the molecule is C=c1c2c(c3ccccc3c1=C)SC(C)(C)CC2. The molecule has 1 heterocycles. The highest BCUT2D eigenvalue weighted by Gasteiger charge is 2.27. The van der Waals surface area contributed by atoms with E-state index >= 15 is 0 Å². The van der Waals surface area contributed by atoms with E-state index < -0.39 is 0 Å². The summed E-state index contributed by atoms with van der Waals surface area (Å²) in [5, 5.41) is 4.85. The summed E-state index contributed by atoms with van der Waals surface area (Å²) in [6.45, 7) is 13.1. The Morgan fingerprint density at radius 3 is 2.44 bits per heavy atom. The first-order valence-electron chi connectivity index (χ1n) is 6.40. The maximum absolute atomic E-state index is 4.26. The Bertz CT molecular complexity index is 725. The van der Waals surface area contributed by atoms with Crippen molar-refractivity contribution >= 4 is 35.7 Å². The predicted octanol–water partition coefficient (Wildman–Crippen LogP) is 3.48. The summed E-state index contributed by atoms with van der Waals surface area (Å²) in [6, 6.07) is 8.58. The highest BCUT2D eigenvalue weighted by Crippen LogP contribution is 2.44. The van der Waals surface area contributed by atoms with E-state index in [1.807, 2.05) is 11.8 Å². The molecule has 0 aliphatic carbocycles. The van der Waals surface area contributed by atoms with Crippen LogP contribution in [0.1, 0.15) is 25.8 Å². The summed E-state index contributed by atoms with van der Waals surface area (Å²) >= 11 is 2.00. The van der Waals surface area contributed by atoms with Crippen molar-refractivity contribution < 1.29 is 0 Å². The molecule has 1 aliphatic rings. The molecule has 0 bridgehead atoms. The smallest absolute Gasteiger partial charge is 0.0194 e.